The Morgan fingerprint density at radius 2 is 1.67 bits per heavy atom. The number of benzene rings is 2. The van der Waals surface area contributed by atoms with Crippen LogP contribution in [-0.2, 0) is 6.54 Å². The van der Waals surface area contributed by atoms with Gasteiger partial charge in [-0.15, -0.1) is 24.0 Å². The van der Waals surface area contributed by atoms with Crippen molar-refractivity contribution in [2.45, 2.75) is 26.4 Å². The number of halogens is 1. The van der Waals surface area contributed by atoms with Gasteiger partial charge in [0.25, 0.3) is 0 Å². The minimum Gasteiger partial charge on any atom is -0.348 e. The molecule has 0 unspecified atom stereocenters. The van der Waals surface area contributed by atoms with Gasteiger partial charge in [-0.25, -0.2) is 4.98 Å². The number of para-hydroxylation sites is 1. The van der Waals surface area contributed by atoms with Gasteiger partial charge in [-0.2, -0.15) is 0 Å². The number of hydrogen-bond donors (Lipinski definition) is 1. The molecule has 5 heteroatoms. The molecular formula is C22H25IN4. The zero-order chi connectivity index (χ0) is 18.1. The monoisotopic (exact) mass is 472 g/mol. The van der Waals surface area contributed by atoms with E-state index in [0.29, 0.717) is 12.6 Å². The van der Waals surface area contributed by atoms with Gasteiger partial charge in [-0.3, -0.25) is 0 Å². The van der Waals surface area contributed by atoms with E-state index in [2.05, 4.69) is 72.2 Å². The smallest absolute Gasteiger partial charge is 0.158 e. The van der Waals surface area contributed by atoms with Gasteiger partial charge >= 0.3 is 0 Å². The van der Waals surface area contributed by atoms with Gasteiger partial charge in [0, 0.05) is 23.8 Å². The average Bonchev–Trinajstić information content (AvgIpc) is 3.07. The van der Waals surface area contributed by atoms with Crippen molar-refractivity contribution in [2.75, 3.05) is 16.5 Å². The molecule has 0 saturated heterocycles. The standard InChI is InChI=1S/C22H24N4.HI/c1-16(2)25-15-26(18-9-4-3-5-10-18)22-21(25)13-12-20(24-22)19-11-7-6-8-17(19)14-23;/h3-13,16H,14-15,23H2,1-2H3;1H. The van der Waals surface area contributed by atoms with Gasteiger partial charge in [0.2, 0.25) is 0 Å². The van der Waals surface area contributed by atoms with Crippen molar-refractivity contribution in [1.82, 2.24) is 4.98 Å². The third kappa shape index (κ3) is 3.66. The van der Waals surface area contributed by atoms with Crippen LogP contribution in [0, 0.1) is 0 Å². The Morgan fingerprint density at radius 3 is 2.37 bits per heavy atom. The molecule has 0 radical (unpaired) electrons. The Kier molecular flexibility index (Phi) is 6.01. The van der Waals surface area contributed by atoms with E-state index >= 15 is 0 Å². The summed E-state index contributed by atoms with van der Waals surface area (Å²) in [6.45, 7) is 5.76. The molecule has 140 valence electrons. The van der Waals surface area contributed by atoms with Gasteiger partial charge in [-0.1, -0.05) is 42.5 Å². The zero-order valence-electron chi connectivity index (χ0n) is 15.7. The summed E-state index contributed by atoms with van der Waals surface area (Å²) in [5.74, 6) is 1.01. The first-order valence-corrected chi connectivity index (χ1v) is 9.07. The summed E-state index contributed by atoms with van der Waals surface area (Å²) in [4.78, 5) is 9.72. The molecule has 3 aromatic rings. The Balaban J connectivity index is 0.00000210. The maximum Gasteiger partial charge on any atom is 0.158 e. The van der Waals surface area contributed by atoms with Crippen molar-refractivity contribution in [2.24, 2.45) is 5.73 Å². The first-order valence-electron chi connectivity index (χ1n) is 9.07. The fourth-order valence-electron chi connectivity index (χ4n) is 3.51. The number of fused-ring (bicyclic) bond motifs is 1. The van der Waals surface area contributed by atoms with Crippen LogP contribution in [0.4, 0.5) is 17.2 Å². The third-order valence-electron chi connectivity index (χ3n) is 4.92. The molecule has 0 spiro atoms. The summed E-state index contributed by atoms with van der Waals surface area (Å²) >= 11 is 0. The predicted octanol–water partition coefficient (Wildman–Crippen LogP) is 5.15. The maximum absolute atomic E-state index is 5.93. The molecule has 4 nitrogen and oxygen atoms in total. The maximum atomic E-state index is 5.93. The van der Waals surface area contributed by atoms with Crippen LogP contribution in [0.2, 0.25) is 0 Å². The van der Waals surface area contributed by atoms with Gasteiger partial charge < -0.3 is 15.5 Å². The van der Waals surface area contributed by atoms with Crippen LogP contribution in [0.15, 0.2) is 66.7 Å². The average molecular weight is 472 g/mol. The molecule has 2 aromatic carbocycles. The second-order valence-electron chi connectivity index (χ2n) is 6.87. The first-order chi connectivity index (χ1) is 12.7. The van der Waals surface area contributed by atoms with Crippen molar-refractivity contribution in [1.29, 1.82) is 0 Å². The molecule has 0 atom stereocenters. The lowest BCUT2D eigenvalue weighted by Crippen LogP contribution is -2.33. The number of nitrogens with zero attached hydrogens (tertiary/aromatic N) is 3. The van der Waals surface area contributed by atoms with Crippen molar-refractivity contribution in [3.8, 4) is 11.3 Å². The van der Waals surface area contributed by atoms with Crippen LogP contribution < -0.4 is 15.5 Å². The van der Waals surface area contributed by atoms with Gasteiger partial charge in [0.05, 0.1) is 18.1 Å². The van der Waals surface area contributed by atoms with E-state index in [1.165, 1.54) is 5.69 Å². The normalized spacial score (nSPS) is 12.9. The van der Waals surface area contributed by atoms with E-state index in [0.717, 1.165) is 35.0 Å². The van der Waals surface area contributed by atoms with Crippen molar-refractivity contribution in [3.05, 3.63) is 72.3 Å². The lowest BCUT2D eigenvalue weighted by atomic mass is 10.0. The SMILES string of the molecule is CC(C)N1CN(c2ccccc2)c2nc(-c3ccccc3CN)ccc21.I. The van der Waals surface area contributed by atoms with E-state index in [1.54, 1.807) is 0 Å². The number of nitrogens with two attached hydrogens (primary N) is 1. The first kappa shape index (κ1) is 19.6. The van der Waals surface area contributed by atoms with E-state index in [-0.39, 0.29) is 24.0 Å². The van der Waals surface area contributed by atoms with Crippen LogP contribution >= 0.6 is 24.0 Å². The van der Waals surface area contributed by atoms with Crippen LogP contribution in [0.25, 0.3) is 11.3 Å². The summed E-state index contributed by atoms with van der Waals surface area (Å²) in [5, 5.41) is 0. The van der Waals surface area contributed by atoms with E-state index in [9.17, 15) is 0 Å². The minimum absolute atomic E-state index is 0. The number of anilines is 3. The number of rotatable bonds is 4. The van der Waals surface area contributed by atoms with E-state index in [1.807, 2.05) is 18.2 Å². The quantitative estimate of drug-likeness (QED) is 0.534. The zero-order valence-corrected chi connectivity index (χ0v) is 18.0. The van der Waals surface area contributed by atoms with Crippen LogP contribution in [0.5, 0.6) is 0 Å². The molecule has 0 fully saturated rings. The largest absolute Gasteiger partial charge is 0.348 e. The van der Waals surface area contributed by atoms with E-state index < -0.39 is 0 Å². The minimum atomic E-state index is 0. The summed E-state index contributed by atoms with van der Waals surface area (Å²) in [5.41, 5.74) is 11.5. The summed E-state index contributed by atoms with van der Waals surface area (Å²) in [6, 6.07) is 23.4. The molecule has 0 saturated carbocycles. The predicted molar refractivity (Wildman–Crippen MR) is 124 cm³/mol. The molecular weight excluding hydrogens is 447 g/mol. The molecule has 2 heterocycles. The highest BCUT2D eigenvalue weighted by Gasteiger charge is 2.30. The highest BCUT2D eigenvalue weighted by atomic mass is 127. The van der Waals surface area contributed by atoms with Crippen LogP contribution in [0.1, 0.15) is 19.4 Å². The van der Waals surface area contributed by atoms with Gasteiger partial charge in [0.15, 0.2) is 5.82 Å². The Bertz CT molecular complexity index is 911. The van der Waals surface area contributed by atoms with E-state index in [4.69, 9.17) is 10.7 Å². The van der Waals surface area contributed by atoms with Crippen molar-refractivity contribution >= 4 is 41.2 Å². The molecule has 27 heavy (non-hydrogen) atoms. The molecule has 1 aliphatic rings. The molecule has 4 rings (SSSR count). The lowest BCUT2D eigenvalue weighted by Gasteiger charge is -2.24. The second kappa shape index (κ2) is 8.27. The van der Waals surface area contributed by atoms with Crippen LogP contribution in [-0.4, -0.2) is 17.7 Å². The third-order valence-corrected chi connectivity index (χ3v) is 4.92. The highest BCUT2D eigenvalue weighted by molar-refractivity contribution is 14.0. The molecule has 0 bridgehead atoms. The summed E-state index contributed by atoms with van der Waals surface area (Å²) in [6.07, 6.45) is 0. The summed E-state index contributed by atoms with van der Waals surface area (Å²) < 4.78 is 0. The fraction of sp³-hybridized carbons (Fsp3) is 0.227. The van der Waals surface area contributed by atoms with Crippen LogP contribution in [0.3, 0.4) is 0 Å². The lowest BCUT2D eigenvalue weighted by molar-refractivity contribution is 0.709. The molecule has 0 amide bonds. The second-order valence-corrected chi connectivity index (χ2v) is 6.87. The number of aromatic nitrogens is 1. The summed E-state index contributed by atoms with van der Waals surface area (Å²) in [7, 11) is 0. The van der Waals surface area contributed by atoms with Gasteiger partial charge in [-0.05, 0) is 43.7 Å². The van der Waals surface area contributed by atoms with Crippen molar-refractivity contribution in [3.63, 3.8) is 0 Å². The molecule has 1 aromatic heterocycles. The number of hydrogen-bond acceptors (Lipinski definition) is 4. The number of pyridine rings is 1. The highest BCUT2D eigenvalue weighted by Crippen LogP contribution is 2.41. The Morgan fingerprint density at radius 1 is 0.963 bits per heavy atom. The molecule has 2 N–H and O–H groups in total. The van der Waals surface area contributed by atoms with Gasteiger partial charge in [0.1, 0.15) is 0 Å². The topological polar surface area (TPSA) is 45.4 Å². The molecule has 1 aliphatic heterocycles. The van der Waals surface area contributed by atoms with Crippen molar-refractivity contribution < 1.29 is 0 Å². The Hall–Kier alpha value is -2.12. The molecule has 0 aliphatic carbocycles. The Labute approximate surface area is 178 Å². The fourth-order valence-corrected chi connectivity index (χ4v) is 3.51.